The van der Waals surface area contributed by atoms with Crippen molar-refractivity contribution in [1.29, 1.82) is 0 Å². The van der Waals surface area contributed by atoms with Gasteiger partial charge < -0.3 is 19.5 Å². The number of hydrogen-bond donors (Lipinski definition) is 1. The molecule has 126 valence electrons. The van der Waals surface area contributed by atoms with Gasteiger partial charge in [0.15, 0.2) is 0 Å². The number of pyridine rings is 1. The van der Waals surface area contributed by atoms with Gasteiger partial charge >= 0.3 is 0 Å². The van der Waals surface area contributed by atoms with Crippen LogP contribution < -0.4 is 5.32 Å². The lowest BCUT2D eigenvalue weighted by atomic mass is 9.97. The van der Waals surface area contributed by atoms with Gasteiger partial charge in [-0.3, -0.25) is 4.79 Å². The molecule has 2 aliphatic heterocycles. The third kappa shape index (κ3) is 2.78. The van der Waals surface area contributed by atoms with Crippen LogP contribution in [0.3, 0.4) is 0 Å². The molecule has 2 aliphatic rings. The first-order chi connectivity index (χ1) is 11.7. The number of aromatic nitrogens is 2. The average Bonchev–Trinajstić information content (AvgIpc) is 3.30. The monoisotopic (exact) mass is 326 g/mol. The van der Waals surface area contributed by atoms with Crippen LogP contribution in [0.2, 0.25) is 0 Å². The van der Waals surface area contributed by atoms with Crippen molar-refractivity contribution in [3.63, 3.8) is 0 Å². The van der Waals surface area contributed by atoms with Gasteiger partial charge in [-0.15, -0.1) is 0 Å². The molecule has 2 saturated heterocycles. The third-order valence-corrected chi connectivity index (χ3v) is 4.99. The molecule has 0 aromatic carbocycles. The van der Waals surface area contributed by atoms with Crippen LogP contribution in [-0.2, 0) is 11.8 Å². The van der Waals surface area contributed by atoms with Crippen LogP contribution in [0.1, 0.15) is 23.3 Å². The predicted octanol–water partition coefficient (Wildman–Crippen LogP) is 1.91. The van der Waals surface area contributed by atoms with E-state index in [9.17, 15) is 4.79 Å². The summed E-state index contributed by atoms with van der Waals surface area (Å²) in [5.41, 5.74) is 0.515. The second kappa shape index (κ2) is 5.94. The zero-order chi connectivity index (χ0) is 16.6. The Balaban J connectivity index is 1.40. The SMILES string of the molecule is Cn1cccc1C(=O)N1CC[C@]2(C[C@H](Nc3ccccn3)CO2)C1. The number of anilines is 1. The van der Waals surface area contributed by atoms with Crippen LogP contribution in [0.5, 0.6) is 0 Å². The minimum Gasteiger partial charge on any atom is -0.371 e. The summed E-state index contributed by atoms with van der Waals surface area (Å²) in [6.45, 7) is 2.07. The van der Waals surface area contributed by atoms with Crippen LogP contribution in [0, 0.1) is 0 Å². The van der Waals surface area contributed by atoms with Gasteiger partial charge in [-0.2, -0.15) is 0 Å². The second-order valence-corrected chi connectivity index (χ2v) is 6.74. The smallest absolute Gasteiger partial charge is 0.270 e. The van der Waals surface area contributed by atoms with E-state index >= 15 is 0 Å². The normalized spacial score (nSPS) is 26.2. The summed E-state index contributed by atoms with van der Waals surface area (Å²) in [5, 5.41) is 3.43. The molecule has 0 bridgehead atoms. The Labute approximate surface area is 141 Å². The number of likely N-dealkylation sites (tertiary alicyclic amines) is 1. The van der Waals surface area contributed by atoms with Crippen molar-refractivity contribution >= 4 is 11.7 Å². The maximum atomic E-state index is 12.7. The zero-order valence-electron chi connectivity index (χ0n) is 13.8. The summed E-state index contributed by atoms with van der Waals surface area (Å²) in [6.07, 6.45) is 5.48. The maximum absolute atomic E-state index is 12.7. The maximum Gasteiger partial charge on any atom is 0.270 e. The summed E-state index contributed by atoms with van der Waals surface area (Å²) in [5.74, 6) is 0.960. The van der Waals surface area contributed by atoms with Gasteiger partial charge in [-0.1, -0.05) is 6.07 Å². The van der Waals surface area contributed by atoms with E-state index in [2.05, 4.69) is 10.3 Å². The van der Waals surface area contributed by atoms with Gasteiger partial charge in [-0.05, 0) is 30.7 Å². The molecule has 1 N–H and O–H groups in total. The Morgan fingerprint density at radius 3 is 3.04 bits per heavy atom. The molecule has 4 heterocycles. The highest BCUT2D eigenvalue weighted by Crippen LogP contribution is 2.36. The average molecular weight is 326 g/mol. The summed E-state index contributed by atoms with van der Waals surface area (Å²) in [6, 6.07) is 9.85. The fourth-order valence-electron chi connectivity index (χ4n) is 3.74. The number of nitrogens with one attached hydrogen (secondary N) is 1. The lowest BCUT2D eigenvalue weighted by molar-refractivity contribution is 0.0124. The van der Waals surface area contributed by atoms with E-state index < -0.39 is 0 Å². The van der Waals surface area contributed by atoms with E-state index in [1.807, 2.05) is 53.0 Å². The van der Waals surface area contributed by atoms with Gasteiger partial charge in [0.1, 0.15) is 11.5 Å². The minimum atomic E-state index is -0.215. The second-order valence-electron chi connectivity index (χ2n) is 6.74. The van der Waals surface area contributed by atoms with Crippen LogP contribution in [0.25, 0.3) is 0 Å². The summed E-state index contributed by atoms with van der Waals surface area (Å²) in [7, 11) is 1.90. The molecule has 0 radical (unpaired) electrons. The first kappa shape index (κ1) is 15.2. The van der Waals surface area contributed by atoms with Crippen molar-refractivity contribution in [3.8, 4) is 0 Å². The lowest BCUT2D eigenvalue weighted by Gasteiger charge is -2.23. The lowest BCUT2D eigenvalue weighted by Crippen LogP contribution is -2.36. The van der Waals surface area contributed by atoms with E-state index in [1.54, 1.807) is 6.20 Å². The van der Waals surface area contributed by atoms with Crippen molar-refractivity contribution < 1.29 is 9.53 Å². The number of carbonyl (C=O) groups excluding carboxylic acids is 1. The first-order valence-corrected chi connectivity index (χ1v) is 8.37. The molecular formula is C18H22N4O2. The van der Waals surface area contributed by atoms with Crippen LogP contribution >= 0.6 is 0 Å². The molecule has 2 aromatic rings. The first-order valence-electron chi connectivity index (χ1n) is 8.37. The summed E-state index contributed by atoms with van der Waals surface area (Å²) < 4.78 is 7.99. The van der Waals surface area contributed by atoms with Crippen LogP contribution in [0.15, 0.2) is 42.7 Å². The van der Waals surface area contributed by atoms with E-state index in [0.717, 1.165) is 30.9 Å². The van der Waals surface area contributed by atoms with Crippen molar-refractivity contribution in [2.24, 2.45) is 7.05 Å². The van der Waals surface area contributed by atoms with Crippen molar-refractivity contribution in [3.05, 3.63) is 48.4 Å². The van der Waals surface area contributed by atoms with Crippen molar-refractivity contribution in [2.75, 3.05) is 25.0 Å². The van der Waals surface area contributed by atoms with Gasteiger partial charge in [0.2, 0.25) is 0 Å². The van der Waals surface area contributed by atoms with Crippen molar-refractivity contribution in [2.45, 2.75) is 24.5 Å². The van der Waals surface area contributed by atoms with Gasteiger partial charge in [-0.25, -0.2) is 4.98 Å². The molecule has 6 heteroatoms. The molecule has 2 fully saturated rings. The summed E-state index contributed by atoms with van der Waals surface area (Å²) >= 11 is 0. The van der Waals surface area contributed by atoms with E-state index in [4.69, 9.17) is 4.74 Å². The van der Waals surface area contributed by atoms with Crippen molar-refractivity contribution in [1.82, 2.24) is 14.5 Å². The zero-order valence-corrected chi connectivity index (χ0v) is 13.8. The Morgan fingerprint density at radius 1 is 1.38 bits per heavy atom. The fourth-order valence-corrected chi connectivity index (χ4v) is 3.74. The fraction of sp³-hybridized carbons (Fsp3) is 0.444. The number of nitrogens with zero attached hydrogens (tertiary/aromatic N) is 3. The molecule has 1 amide bonds. The predicted molar refractivity (Wildman–Crippen MR) is 90.9 cm³/mol. The molecule has 0 unspecified atom stereocenters. The number of amides is 1. The van der Waals surface area contributed by atoms with E-state index in [-0.39, 0.29) is 17.6 Å². The Kier molecular flexibility index (Phi) is 3.76. The molecular weight excluding hydrogens is 304 g/mol. The van der Waals surface area contributed by atoms with Gasteiger partial charge in [0.25, 0.3) is 5.91 Å². The standard InChI is InChI=1S/C18H22N4O2/c1-21-9-4-5-15(21)17(23)22-10-7-18(13-22)11-14(12-24-18)20-16-6-2-3-8-19-16/h2-6,8-9,14H,7,10-13H2,1H3,(H,19,20)/t14-,18-/m0/s1. The quantitative estimate of drug-likeness (QED) is 0.936. The topological polar surface area (TPSA) is 59.4 Å². The molecule has 6 nitrogen and oxygen atoms in total. The molecule has 2 aromatic heterocycles. The van der Waals surface area contributed by atoms with E-state index in [1.165, 1.54) is 0 Å². The molecule has 2 atom stereocenters. The highest BCUT2D eigenvalue weighted by atomic mass is 16.5. The Morgan fingerprint density at radius 2 is 2.29 bits per heavy atom. The number of rotatable bonds is 3. The molecule has 1 spiro atoms. The number of ether oxygens (including phenoxy) is 1. The highest BCUT2D eigenvalue weighted by molar-refractivity contribution is 5.93. The minimum absolute atomic E-state index is 0.0871. The Hall–Kier alpha value is -2.34. The largest absolute Gasteiger partial charge is 0.371 e. The van der Waals surface area contributed by atoms with Crippen LogP contribution in [0.4, 0.5) is 5.82 Å². The highest BCUT2D eigenvalue weighted by Gasteiger charge is 2.47. The number of carbonyl (C=O) groups is 1. The number of hydrogen-bond acceptors (Lipinski definition) is 4. The molecule has 0 aliphatic carbocycles. The van der Waals surface area contributed by atoms with E-state index in [0.29, 0.717) is 13.2 Å². The number of aryl methyl sites for hydroxylation is 1. The molecule has 24 heavy (non-hydrogen) atoms. The van der Waals surface area contributed by atoms with Gasteiger partial charge in [0.05, 0.1) is 24.8 Å². The molecule has 4 rings (SSSR count). The van der Waals surface area contributed by atoms with Gasteiger partial charge in [0, 0.05) is 32.4 Å². The Bertz CT molecular complexity index is 730. The molecule has 0 saturated carbocycles. The third-order valence-electron chi connectivity index (χ3n) is 4.99. The summed E-state index contributed by atoms with van der Waals surface area (Å²) in [4.78, 5) is 18.9. The van der Waals surface area contributed by atoms with Crippen LogP contribution in [-0.4, -0.2) is 51.7 Å².